The van der Waals surface area contributed by atoms with E-state index >= 15 is 0 Å². The van der Waals surface area contributed by atoms with E-state index in [0.29, 0.717) is 19.5 Å². The molecule has 0 spiro atoms. The summed E-state index contributed by atoms with van der Waals surface area (Å²) in [6, 6.07) is -1.06. The fourth-order valence-electron chi connectivity index (χ4n) is 2.14. The summed E-state index contributed by atoms with van der Waals surface area (Å²) in [6.07, 6.45) is -0.696. The van der Waals surface area contributed by atoms with Crippen LogP contribution in [0.4, 0.5) is 4.79 Å². The van der Waals surface area contributed by atoms with Crippen molar-refractivity contribution < 1.29 is 24.2 Å². The average molecular weight is 355 g/mol. The minimum atomic E-state index is -1.06. The molecule has 0 bridgehead atoms. The van der Waals surface area contributed by atoms with Crippen molar-refractivity contribution in [2.75, 3.05) is 26.7 Å². The predicted octanol–water partition coefficient (Wildman–Crippen LogP) is -0.101. The number of nitrogens with zero attached hydrogens (tertiary/aromatic N) is 3. The van der Waals surface area contributed by atoms with Crippen LogP contribution in [0.5, 0.6) is 0 Å². The van der Waals surface area contributed by atoms with Crippen molar-refractivity contribution in [2.24, 2.45) is 4.99 Å². The zero-order valence-electron chi connectivity index (χ0n) is 14.9. The number of aliphatic hydroxyl groups excluding tert-OH is 1. The smallest absolute Gasteiger partial charge is 0.408 e. The first-order chi connectivity index (χ1) is 11.7. The largest absolute Gasteiger partial charge is 0.467 e. The van der Waals surface area contributed by atoms with E-state index in [0.717, 1.165) is 0 Å². The number of aliphatic imine (C=N–C) groups is 1. The Hall–Kier alpha value is -2.54. The maximum absolute atomic E-state index is 11.9. The number of carbonyl (C=O) groups is 2. The van der Waals surface area contributed by atoms with Crippen LogP contribution in [-0.4, -0.2) is 72.5 Å². The zero-order valence-corrected chi connectivity index (χ0v) is 14.9. The maximum Gasteiger partial charge on any atom is 0.408 e. The van der Waals surface area contributed by atoms with Gasteiger partial charge in [0.1, 0.15) is 11.6 Å². The Labute approximate surface area is 147 Å². The molecule has 3 N–H and O–H groups in total. The van der Waals surface area contributed by atoms with Crippen LogP contribution in [0, 0.1) is 6.57 Å². The van der Waals surface area contributed by atoms with Crippen molar-refractivity contribution in [1.29, 1.82) is 0 Å². The second-order valence-electron chi connectivity index (χ2n) is 6.50. The Morgan fingerprint density at radius 2 is 2.16 bits per heavy atom. The summed E-state index contributed by atoms with van der Waals surface area (Å²) >= 11 is 0. The monoisotopic (exact) mass is 355 g/mol. The summed E-state index contributed by atoms with van der Waals surface area (Å²) < 4.78 is 9.78. The third-order valence-corrected chi connectivity index (χ3v) is 3.22. The molecule has 1 aliphatic heterocycles. The molecule has 1 fully saturated rings. The summed E-state index contributed by atoms with van der Waals surface area (Å²) in [7, 11) is 1.20. The summed E-state index contributed by atoms with van der Waals surface area (Å²) in [5.74, 6) is -0.454. The van der Waals surface area contributed by atoms with Crippen molar-refractivity contribution in [3.05, 3.63) is 11.5 Å². The van der Waals surface area contributed by atoms with E-state index < -0.39 is 29.8 Å². The number of esters is 1. The van der Waals surface area contributed by atoms with Crippen LogP contribution in [0.3, 0.4) is 0 Å². The van der Waals surface area contributed by atoms with E-state index in [1.54, 1.807) is 25.7 Å². The van der Waals surface area contributed by atoms with Gasteiger partial charge in [-0.2, -0.15) is 11.5 Å². The molecule has 1 heterocycles. The lowest BCUT2D eigenvalue weighted by atomic mass is 10.2. The van der Waals surface area contributed by atoms with Crippen molar-refractivity contribution in [3.63, 3.8) is 0 Å². The number of rotatable bonds is 4. The molecule has 25 heavy (non-hydrogen) atoms. The second kappa shape index (κ2) is 9.08. The van der Waals surface area contributed by atoms with Gasteiger partial charge in [-0.25, -0.2) is 14.6 Å². The van der Waals surface area contributed by atoms with Crippen molar-refractivity contribution in [1.82, 2.24) is 15.6 Å². The molecule has 10 heteroatoms. The van der Waals surface area contributed by atoms with E-state index in [1.807, 2.05) is 0 Å². The molecule has 0 aromatic carbocycles. The van der Waals surface area contributed by atoms with Gasteiger partial charge in [0.25, 0.3) is 5.96 Å². The number of β-amino-alcohol motifs (C(OH)–C–C–N with tert-alkyl or cyclic N) is 1. The number of hydrogen-bond donors (Lipinski definition) is 3. The van der Waals surface area contributed by atoms with Crippen LogP contribution in [0.2, 0.25) is 0 Å². The number of aliphatic hydroxyl groups is 1. The fourth-order valence-corrected chi connectivity index (χ4v) is 2.14. The van der Waals surface area contributed by atoms with Gasteiger partial charge >= 0.3 is 12.1 Å². The number of nitrogens with one attached hydrogen (secondary N) is 2. The first-order valence-corrected chi connectivity index (χ1v) is 7.83. The van der Waals surface area contributed by atoms with Gasteiger partial charge in [-0.3, -0.25) is 0 Å². The van der Waals surface area contributed by atoms with Gasteiger partial charge in [0, 0.05) is 13.1 Å². The molecule has 0 unspecified atom stereocenters. The average Bonchev–Trinajstić information content (AvgIpc) is 2.93. The lowest BCUT2D eigenvalue weighted by Gasteiger charge is -2.22. The molecule has 0 radical (unpaired) electrons. The molecule has 1 rings (SSSR count). The number of amides is 1. The van der Waals surface area contributed by atoms with E-state index in [1.165, 1.54) is 7.11 Å². The molecule has 0 aliphatic carbocycles. The minimum Gasteiger partial charge on any atom is -0.467 e. The lowest BCUT2D eigenvalue weighted by Crippen LogP contribution is -2.46. The number of hydrogen-bond acceptors (Lipinski definition) is 6. The van der Waals surface area contributed by atoms with E-state index in [2.05, 4.69) is 25.4 Å². The highest BCUT2D eigenvalue weighted by molar-refractivity contribution is 5.84. The summed E-state index contributed by atoms with van der Waals surface area (Å²) in [5, 5.41) is 12.0. The molecule has 0 aromatic rings. The number of guanidine groups is 1. The normalized spacial score (nSPS) is 19.0. The van der Waals surface area contributed by atoms with Crippen LogP contribution >= 0.6 is 0 Å². The number of alkyl carbamates (subject to hydrolysis) is 1. The van der Waals surface area contributed by atoms with Crippen LogP contribution in [0.15, 0.2) is 4.99 Å². The Bertz CT molecular complexity index is 551. The molecular weight excluding hydrogens is 330 g/mol. The van der Waals surface area contributed by atoms with Crippen LogP contribution in [0.1, 0.15) is 27.2 Å². The number of methoxy groups -OCH3 is 1. The molecule has 2 atom stereocenters. The lowest BCUT2D eigenvalue weighted by molar-refractivity contribution is -0.142. The first-order valence-electron chi connectivity index (χ1n) is 7.83. The highest BCUT2D eigenvalue weighted by Gasteiger charge is 2.27. The van der Waals surface area contributed by atoms with Crippen LogP contribution in [0.25, 0.3) is 4.95 Å². The van der Waals surface area contributed by atoms with Gasteiger partial charge < -0.3 is 24.8 Å². The molecule has 140 valence electrons. The van der Waals surface area contributed by atoms with Crippen LogP contribution < -0.4 is 10.7 Å². The van der Waals surface area contributed by atoms with E-state index in [9.17, 15) is 14.7 Å². The van der Waals surface area contributed by atoms with Gasteiger partial charge in [0.05, 0.1) is 19.8 Å². The topological polar surface area (TPSA) is 117 Å². The SMILES string of the molecule is [C-]#[N+]NC(=NC[C@H](NC(=O)OC(C)(C)C)C(=O)OC)N1CC[C@H](O)C1. The fraction of sp³-hybridized carbons (Fsp3) is 0.733. The Kier molecular flexibility index (Phi) is 7.44. The Morgan fingerprint density at radius 3 is 2.64 bits per heavy atom. The molecule has 0 aromatic heterocycles. The number of carbonyl (C=O) groups excluding carboxylic acids is 2. The third-order valence-electron chi connectivity index (χ3n) is 3.22. The molecule has 1 amide bonds. The first kappa shape index (κ1) is 20.5. The Morgan fingerprint density at radius 1 is 1.48 bits per heavy atom. The summed E-state index contributed by atoms with van der Waals surface area (Å²) in [5.41, 5.74) is 1.70. The van der Waals surface area contributed by atoms with Gasteiger partial charge in [-0.1, -0.05) is 5.43 Å². The molecule has 10 nitrogen and oxygen atoms in total. The third kappa shape index (κ3) is 7.26. The predicted molar refractivity (Wildman–Crippen MR) is 89.4 cm³/mol. The standard InChI is InChI=1S/C15H25N5O5/c1-15(2,3)25-14(23)18-11(12(22)24-5)8-17-13(19-16-4)20-7-6-10(21)9-20/h10-11,21H,6-9H2,1-3,5H3,(H,17,19)(H,18,23)/t10-,11-/m0/s1. The summed E-state index contributed by atoms with van der Waals surface area (Å²) in [4.78, 5) is 32.7. The molecule has 0 saturated carbocycles. The van der Waals surface area contributed by atoms with Gasteiger partial charge in [0.15, 0.2) is 0 Å². The zero-order chi connectivity index (χ0) is 19.0. The maximum atomic E-state index is 11.9. The highest BCUT2D eigenvalue weighted by atomic mass is 16.6. The quantitative estimate of drug-likeness (QED) is 0.212. The minimum absolute atomic E-state index is 0.142. The van der Waals surface area contributed by atoms with Gasteiger partial charge in [-0.05, 0) is 27.2 Å². The van der Waals surface area contributed by atoms with Crippen molar-refractivity contribution >= 4 is 18.0 Å². The second-order valence-corrected chi connectivity index (χ2v) is 6.50. The number of likely N-dealkylation sites (tertiary alicyclic amines) is 1. The van der Waals surface area contributed by atoms with Crippen LogP contribution in [-0.2, 0) is 14.3 Å². The highest BCUT2D eigenvalue weighted by Crippen LogP contribution is 2.09. The van der Waals surface area contributed by atoms with Gasteiger partial charge in [-0.15, -0.1) is 0 Å². The van der Waals surface area contributed by atoms with Crippen molar-refractivity contribution in [3.8, 4) is 0 Å². The number of ether oxygens (including phenoxy) is 2. The molecule has 1 aliphatic rings. The summed E-state index contributed by atoms with van der Waals surface area (Å²) in [6.45, 7) is 12.8. The Balaban J connectivity index is 2.80. The van der Waals surface area contributed by atoms with E-state index in [-0.39, 0.29) is 12.5 Å². The molecule has 1 saturated heterocycles. The van der Waals surface area contributed by atoms with Gasteiger partial charge in [0.2, 0.25) is 0 Å². The van der Waals surface area contributed by atoms with Crippen molar-refractivity contribution in [2.45, 2.75) is 44.9 Å². The van der Waals surface area contributed by atoms with E-state index in [4.69, 9.17) is 11.3 Å². The molecular formula is C15H25N5O5.